The molecule has 0 spiro atoms. The number of nitrogens with one attached hydrogen (secondary N) is 2. The van der Waals surface area contributed by atoms with E-state index in [2.05, 4.69) is 15.5 Å². The van der Waals surface area contributed by atoms with Crippen molar-refractivity contribution in [2.75, 3.05) is 13.1 Å². The molecule has 0 bridgehead atoms. The van der Waals surface area contributed by atoms with Gasteiger partial charge in [0.1, 0.15) is 6.17 Å². The number of likely N-dealkylation sites (tertiary alicyclic amines) is 1. The molecule has 142 valence electrons. The maximum Gasteiger partial charge on any atom is 0.275 e. The summed E-state index contributed by atoms with van der Waals surface area (Å²) in [5.41, 5.74) is 2.46. The zero-order valence-electron chi connectivity index (χ0n) is 15.1. The van der Waals surface area contributed by atoms with Crippen LogP contribution < -0.4 is 5.32 Å². The number of halogens is 1. The van der Waals surface area contributed by atoms with Gasteiger partial charge in [-0.3, -0.25) is 14.7 Å². The molecule has 3 aliphatic rings. The number of hydrogen-bond acceptors (Lipinski definition) is 3. The molecule has 2 amide bonds. The third-order valence-corrected chi connectivity index (χ3v) is 6.12. The number of carbonyl (C=O) groups is 2. The maximum atomic E-state index is 14.0. The van der Waals surface area contributed by atoms with Crippen LogP contribution in [0, 0.1) is 5.92 Å². The van der Waals surface area contributed by atoms with Gasteiger partial charge in [-0.25, -0.2) is 4.39 Å². The summed E-state index contributed by atoms with van der Waals surface area (Å²) in [6.07, 6.45) is 7.31. The Kier molecular flexibility index (Phi) is 4.96. The summed E-state index contributed by atoms with van der Waals surface area (Å²) in [4.78, 5) is 26.9. The third-order valence-electron chi connectivity index (χ3n) is 6.12. The van der Waals surface area contributed by atoms with E-state index in [1.807, 2.05) is 0 Å². The van der Waals surface area contributed by atoms with Gasteiger partial charge in [-0.2, -0.15) is 5.10 Å². The molecule has 2 atom stereocenters. The zero-order chi connectivity index (χ0) is 18.1. The van der Waals surface area contributed by atoms with Crippen molar-refractivity contribution in [1.29, 1.82) is 0 Å². The predicted molar refractivity (Wildman–Crippen MR) is 94.5 cm³/mol. The van der Waals surface area contributed by atoms with Gasteiger partial charge in [-0.05, 0) is 32.1 Å². The van der Waals surface area contributed by atoms with Crippen LogP contribution >= 0.6 is 0 Å². The average Bonchev–Trinajstić information content (AvgIpc) is 3.35. The predicted octanol–water partition coefficient (Wildman–Crippen LogP) is 2.15. The lowest BCUT2D eigenvalue weighted by Gasteiger charge is -2.26. The fourth-order valence-corrected chi connectivity index (χ4v) is 4.66. The van der Waals surface area contributed by atoms with Gasteiger partial charge in [0.2, 0.25) is 5.91 Å². The van der Waals surface area contributed by atoms with Crippen molar-refractivity contribution in [3.05, 3.63) is 17.0 Å². The van der Waals surface area contributed by atoms with E-state index >= 15 is 0 Å². The molecule has 1 aromatic rings. The van der Waals surface area contributed by atoms with Crippen molar-refractivity contribution in [2.24, 2.45) is 5.92 Å². The molecular formula is C19H27FN4O2. The molecule has 26 heavy (non-hydrogen) atoms. The van der Waals surface area contributed by atoms with E-state index < -0.39 is 6.17 Å². The highest BCUT2D eigenvalue weighted by Gasteiger charge is 2.38. The molecular weight excluding hydrogens is 335 g/mol. The maximum absolute atomic E-state index is 14.0. The van der Waals surface area contributed by atoms with Crippen LogP contribution in [0.2, 0.25) is 0 Å². The molecule has 1 aromatic heterocycles. The van der Waals surface area contributed by atoms with Gasteiger partial charge in [0.05, 0.1) is 12.6 Å². The first kappa shape index (κ1) is 17.5. The molecule has 2 aliphatic carbocycles. The second-order valence-corrected chi connectivity index (χ2v) is 7.91. The number of aromatic amines is 1. The molecule has 2 N–H and O–H groups in total. The van der Waals surface area contributed by atoms with Crippen molar-refractivity contribution in [3.63, 3.8) is 0 Å². The molecule has 1 aliphatic heterocycles. The largest absolute Gasteiger partial charge is 0.354 e. The molecule has 0 aromatic carbocycles. The SMILES string of the molecule is O=C(NC[C@@H]1C[C@H](F)CN1C(=O)c1n[nH]c2c1CCC2)C1CCCCC1. The number of amides is 2. The molecule has 1 saturated carbocycles. The number of nitrogens with zero attached hydrogens (tertiary/aromatic N) is 2. The van der Waals surface area contributed by atoms with Gasteiger partial charge in [-0.15, -0.1) is 0 Å². The van der Waals surface area contributed by atoms with Crippen LogP contribution in [0.4, 0.5) is 4.39 Å². The normalized spacial score (nSPS) is 26.1. The summed E-state index contributed by atoms with van der Waals surface area (Å²) in [6, 6.07) is -0.293. The monoisotopic (exact) mass is 362 g/mol. The molecule has 0 unspecified atom stereocenters. The van der Waals surface area contributed by atoms with E-state index in [1.165, 1.54) is 6.42 Å². The molecule has 4 rings (SSSR count). The number of hydrogen-bond donors (Lipinski definition) is 2. The zero-order valence-corrected chi connectivity index (χ0v) is 15.1. The van der Waals surface area contributed by atoms with Crippen LogP contribution in [0.15, 0.2) is 0 Å². The molecule has 2 heterocycles. The molecule has 1 saturated heterocycles. The third kappa shape index (κ3) is 3.35. The van der Waals surface area contributed by atoms with Crippen molar-refractivity contribution >= 4 is 11.8 Å². The summed E-state index contributed by atoms with van der Waals surface area (Å²) in [5, 5.41) is 10.1. The minimum absolute atomic E-state index is 0.0556. The van der Waals surface area contributed by atoms with Gasteiger partial charge >= 0.3 is 0 Å². The lowest BCUT2D eigenvalue weighted by atomic mass is 9.88. The Labute approximate surface area is 152 Å². The second-order valence-electron chi connectivity index (χ2n) is 7.91. The van der Waals surface area contributed by atoms with E-state index in [0.29, 0.717) is 12.2 Å². The van der Waals surface area contributed by atoms with Gasteiger partial charge in [0.25, 0.3) is 5.91 Å². The van der Waals surface area contributed by atoms with E-state index in [1.54, 1.807) is 4.90 Å². The van der Waals surface area contributed by atoms with Crippen LogP contribution in [-0.4, -0.2) is 52.2 Å². The first-order chi connectivity index (χ1) is 12.6. The number of aromatic nitrogens is 2. The molecule has 0 radical (unpaired) electrons. The Balaban J connectivity index is 1.40. The lowest BCUT2D eigenvalue weighted by Crippen LogP contribution is -2.45. The lowest BCUT2D eigenvalue weighted by molar-refractivity contribution is -0.126. The fraction of sp³-hybridized carbons (Fsp3) is 0.737. The molecule has 6 nitrogen and oxygen atoms in total. The smallest absolute Gasteiger partial charge is 0.275 e. The Hall–Kier alpha value is -1.92. The van der Waals surface area contributed by atoms with Crippen molar-refractivity contribution in [1.82, 2.24) is 20.4 Å². The highest BCUT2D eigenvalue weighted by molar-refractivity contribution is 5.94. The first-order valence-electron chi connectivity index (χ1n) is 9.92. The highest BCUT2D eigenvalue weighted by atomic mass is 19.1. The number of rotatable bonds is 4. The fourth-order valence-electron chi connectivity index (χ4n) is 4.66. The Morgan fingerprint density at radius 2 is 2.00 bits per heavy atom. The number of carbonyl (C=O) groups excluding carboxylic acids is 2. The topological polar surface area (TPSA) is 78.1 Å². The summed E-state index contributed by atoms with van der Waals surface area (Å²) in [6.45, 7) is 0.415. The van der Waals surface area contributed by atoms with Crippen LogP contribution in [0.3, 0.4) is 0 Å². The molecule has 2 fully saturated rings. The van der Waals surface area contributed by atoms with E-state index in [4.69, 9.17) is 0 Å². The van der Waals surface area contributed by atoms with Crippen LogP contribution in [-0.2, 0) is 17.6 Å². The Bertz CT molecular complexity index is 683. The van der Waals surface area contributed by atoms with Crippen molar-refractivity contribution < 1.29 is 14.0 Å². The summed E-state index contributed by atoms with van der Waals surface area (Å²) in [7, 11) is 0. The summed E-state index contributed by atoms with van der Waals surface area (Å²) in [5.74, 6) is -0.0772. The number of alkyl halides is 1. The van der Waals surface area contributed by atoms with Gasteiger partial charge < -0.3 is 10.2 Å². The minimum atomic E-state index is -1.04. The van der Waals surface area contributed by atoms with Crippen LogP contribution in [0.25, 0.3) is 0 Å². The highest BCUT2D eigenvalue weighted by Crippen LogP contribution is 2.28. The quantitative estimate of drug-likeness (QED) is 0.861. The van der Waals surface area contributed by atoms with E-state index in [0.717, 1.165) is 56.2 Å². The van der Waals surface area contributed by atoms with Gasteiger partial charge in [0.15, 0.2) is 5.69 Å². The minimum Gasteiger partial charge on any atom is -0.354 e. The van der Waals surface area contributed by atoms with E-state index in [-0.39, 0.29) is 36.7 Å². The average molecular weight is 362 g/mol. The standard InChI is InChI=1S/C19H27FN4O2/c20-13-9-14(10-21-18(25)12-5-2-1-3-6-12)24(11-13)19(26)17-15-7-4-8-16(15)22-23-17/h12-14H,1-11H2,(H,21,25)(H,22,23)/t13-,14-/m0/s1. The number of H-pyrrole nitrogens is 1. The Morgan fingerprint density at radius 1 is 1.19 bits per heavy atom. The van der Waals surface area contributed by atoms with Gasteiger partial charge in [-0.1, -0.05) is 19.3 Å². The molecule has 7 heteroatoms. The van der Waals surface area contributed by atoms with Crippen LogP contribution in [0.1, 0.15) is 66.7 Å². The number of aryl methyl sites for hydroxylation is 1. The number of fused-ring (bicyclic) bond motifs is 1. The second kappa shape index (κ2) is 7.37. The van der Waals surface area contributed by atoms with Crippen LogP contribution in [0.5, 0.6) is 0 Å². The first-order valence-corrected chi connectivity index (χ1v) is 9.92. The summed E-state index contributed by atoms with van der Waals surface area (Å²) >= 11 is 0. The van der Waals surface area contributed by atoms with Gasteiger partial charge in [0, 0.05) is 30.1 Å². The van der Waals surface area contributed by atoms with Crippen molar-refractivity contribution in [3.8, 4) is 0 Å². The van der Waals surface area contributed by atoms with Crippen molar-refractivity contribution in [2.45, 2.75) is 70.0 Å². The Morgan fingerprint density at radius 3 is 2.81 bits per heavy atom. The summed E-state index contributed by atoms with van der Waals surface area (Å²) < 4.78 is 14.0. The van der Waals surface area contributed by atoms with E-state index in [9.17, 15) is 14.0 Å².